The molecule has 1 atom stereocenters. The molecule has 6 nitrogen and oxygen atoms in total. The lowest BCUT2D eigenvalue weighted by atomic mass is 10.1. The molecule has 0 bridgehead atoms. The summed E-state index contributed by atoms with van der Waals surface area (Å²) in [6.45, 7) is 0.655. The summed E-state index contributed by atoms with van der Waals surface area (Å²) < 4.78 is 56.5. The normalized spacial score (nSPS) is 11.8. The SMILES string of the molecule is CNCC[C@@H](Oc1ccc(C(F)(F)F)cc1)c1ccc(F)cc1.O=C(O)C(=O)O. The number of rotatable bonds is 6. The summed E-state index contributed by atoms with van der Waals surface area (Å²) >= 11 is 0. The monoisotopic (exact) mass is 417 g/mol. The Morgan fingerprint density at radius 2 is 1.52 bits per heavy atom. The fourth-order valence-electron chi connectivity index (χ4n) is 2.13. The number of carboxylic acid groups (broad SMARTS) is 2. The van der Waals surface area contributed by atoms with Crippen molar-refractivity contribution >= 4 is 11.9 Å². The zero-order valence-corrected chi connectivity index (χ0v) is 15.2. The quantitative estimate of drug-likeness (QED) is 0.490. The van der Waals surface area contributed by atoms with E-state index in [1.165, 1.54) is 24.3 Å². The van der Waals surface area contributed by atoms with Gasteiger partial charge in [0.05, 0.1) is 5.56 Å². The Morgan fingerprint density at radius 1 is 1.00 bits per heavy atom. The van der Waals surface area contributed by atoms with Gasteiger partial charge in [0.25, 0.3) is 0 Å². The van der Waals surface area contributed by atoms with Crippen molar-refractivity contribution in [3.63, 3.8) is 0 Å². The average molecular weight is 417 g/mol. The van der Waals surface area contributed by atoms with E-state index >= 15 is 0 Å². The van der Waals surface area contributed by atoms with Crippen LogP contribution in [0.25, 0.3) is 0 Å². The second-order valence-electron chi connectivity index (χ2n) is 5.68. The van der Waals surface area contributed by atoms with Gasteiger partial charge in [-0.3, -0.25) is 0 Å². The maximum absolute atomic E-state index is 13.0. The molecular formula is C19H19F4NO5. The van der Waals surface area contributed by atoms with Gasteiger partial charge in [0.1, 0.15) is 17.7 Å². The molecule has 0 unspecified atom stereocenters. The maximum Gasteiger partial charge on any atom is 0.416 e. The third-order valence-electron chi connectivity index (χ3n) is 3.54. The first kappa shape index (κ1) is 23.9. The number of aliphatic carboxylic acids is 2. The molecule has 2 aromatic carbocycles. The lowest BCUT2D eigenvalue weighted by Gasteiger charge is -2.20. The Morgan fingerprint density at radius 3 is 1.93 bits per heavy atom. The van der Waals surface area contributed by atoms with Gasteiger partial charge < -0.3 is 20.3 Å². The van der Waals surface area contributed by atoms with Crippen LogP contribution in [0.5, 0.6) is 5.75 Å². The van der Waals surface area contributed by atoms with Crippen molar-refractivity contribution in [1.29, 1.82) is 0 Å². The van der Waals surface area contributed by atoms with Gasteiger partial charge in [-0.1, -0.05) is 12.1 Å². The van der Waals surface area contributed by atoms with Gasteiger partial charge in [0.15, 0.2) is 0 Å². The van der Waals surface area contributed by atoms with Gasteiger partial charge in [-0.2, -0.15) is 13.2 Å². The summed E-state index contributed by atoms with van der Waals surface area (Å²) in [6.07, 6.45) is -4.15. The molecule has 3 N–H and O–H groups in total. The van der Waals surface area contributed by atoms with Crippen molar-refractivity contribution in [1.82, 2.24) is 5.32 Å². The van der Waals surface area contributed by atoms with Gasteiger partial charge in [0, 0.05) is 6.42 Å². The van der Waals surface area contributed by atoms with Crippen LogP contribution in [0.4, 0.5) is 17.6 Å². The highest BCUT2D eigenvalue weighted by Gasteiger charge is 2.30. The highest BCUT2D eigenvalue weighted by Crippen LogP contribution is 2.31. The van der Waals surface area contributed by atoms with Gasteiger partial charge in [-0.25, -0.2) is 14.0 Å². The summed E-state index contributed by atoms with van der Waals surface area (Å²) in [4.78, 5) is 18.2. The van der Waals surface area contributed by atoms with Crippen LogP contribution in [0, 0.1) is 5.82 Å². The fourth-order valence-corrected chi connectivity index (χ4v) is 2.13. The lowest BCUT2D eigenvalue weighted by molar-refractivity contribution is -0.159. The number of hydrogen-bond acceptors (Lipinski definition) is 4. The summed E-state index contributed by atoms with van der Waals surface area (Å²) in [6, 6.07) is 10.4. The highest BCUT2D eigenvalue weighted by atomic mass is 19.4. The van der Waals surface area contributed by atoms with E-state index in [2.05, 4.69) is 5.32 Å². The average Bonchev–Trinajstić information content (AvgIpc) is 2.66. The van der Waals surface area contributed by atoms with E-state index in [4.69, 9.17) is 24.5 Å². The van der Waals surface area contributed by atoms with Crippen LogP contribution in [0.3, 0.4) is 0 Å². The van der Waals surface area contributed by atoms with Crippen molar-refractivity contribution in [3.8, 4) is 5.75 Å². The highest BCUT2D eigenvalue weighted by molar-refractivity contribution is 6.27. The predicted molar refractivity (Wildman–Crippen MR) is 95.0 cm³/mol. The predicted octanol–water partition coefficient (Wildman–Crippen LogP) is 3.73. The van der Waals surface area contributed by atoms with Crippen LogP contribution in [0.15, 0.2) is 48.5 Å². The molecule has 0 amide bonds. The number of alkyl halides is 3. The Bertz CT molecular complexity index is 780. The van der Waals surface area contributed by atoms with Gasteiger partial charge in [-0.05, 0) is 55.6 Å². The second kappa shape index (κ2) is 11.0. The second-order valence-corrected chi connectivity index (χ2v) is 5.68. The molecule has 0 aliphatic rings. The Labute approximate surface area is 163 Å². The van der Waals surface area contributed by atoms with Crippen molar-refractivity contribution < 1.29 is 42.1 Å². The number of nitrogens with one attached hydrogen (secondary N) is 1. The molecular weight excluding hydrogens is 398 g/mol. The Kier molecular flexibility index (Phi) is 9.07. The molecule has 29 heavy (non-hydrogen) atoms. The third kappa shape index (κ3) is 8.60. The molecule has 0 heterocycles. The molecule has 0 saturated heterocycles. The van der Waals surface area contributed by atoms with Crippen molar-refractivity contribution in [2.75, 3.05) is 13.6 Å². The zero-order chi connectivity index (χ0) is 22.0. The molecule has 0 saturated carbocycles. The minimum Gasteiger partial charge on any atom is -0.486 e. The molecule has 10 heteroatoms. The molecule has 2 aromatic rings. The van der Waals surface area contributed by atoms with E-state index in [0.717, 1.165) is 17.7 Å². The molecule has 0 radical (unpaired) electrons. The molecule has 0 aliphatic heterocycles. The number of carboxylic acids is 2. The fraction of sp³-hybridized carbons (Fsp3) is 0.263. The van der Waals surface area contributed by atoms with Crippen LogP contribution in [-0.2, 0) is 15.8 Å². The topological polar surface area (TPSA) is 95.9 Å². The van der Waals surface area contributed by atoms with E-state index in [9.17, 15) is 17.6 Å². The minimum atomic E-state index is -4.37. The van der Waals surface area contributed by atoms with Crippen molar-refractivity contribution in [2.24, 2.45) is 0 Å². The van der Waals surface area contributed by atoms with Crippen LogP contribution < -0.4 is 10.1 Å². The molecule has 158 valence electrons. The number of hydrogen-bond donors (Lipinski definition) is 3. The number of benzene rings is 2. The molecule has 0 aliphatic carbocycles. The van der Waals surface area contributed by atoms with E-state index in [1.807, 2.05) is 0 Å². The van der Waals surface area contributed by atoms with Crippen LogP contribution in [0.2, 0.25) is 0 Å². The third-order valence-corrected chi connectivity index (χ3v) is 3.54. The Balaban J connectivity index is 0.000000612. The van der Waals surface area contributed by atoms with Gasteiger partial charge in [-0.15, -0.1) is 0 Å². The maximum atomic E-state index is 13.0. The first-order valence-electron chi connectivity index (χ1n) is 8.24. The number of halogens is 4. The molecule has 2 rings (SSSR count). The van der Waals surface area contributed by atoms with Crippen molar-refractivity contribution in [3.05, 3.63) is 65.5 Å². The number of ether oxygens (including phenoxy) is 1. The molecule has 0 spiro atoms. The van der Waals surface area contributed by atoms with Crippen LogP contribution in [-0.4, -0.2) is 35.7 Å². The first-order chi connectivity index (χ1) is 13.5. The van der Waals surface area contributed by atoms with E-state index in [1.54, 1.807) is 19.2 Å². The number of carbonyl (C=O) groups is 2. The van der Waals surface area contributed by atoms with E-state index < -0.39 is 23.7 Å². The van der Waals surface area contributed by atoms with E-state index in [-0.39, 0.29) is 11.9 Å². The molecule has 0 fully saturated rings. The largest absolute Gasteiger partial charge is 0.486 e. The first-order valence-corrected chi connectivity index (χ1v) is 8.24. The van der Waals surface area contributed by atoms with Crippen LogP contribution in [0.1, 0.15) is 23.7 Å². The lowest BCUT2D eigenvalue weighted by Crippen LogP contribution is -2.16. The van der Waals surface area contributed by atoms with E-state index in [0.29, 0.717) is 18.7 Å². The minimum absolute atomic E-state index is 0.337. The van der Waals surface area contributed by atoms with Crippen molar-refractivity contribution in [2.45, 2.75) is 18.7 Å². The van der Waals surface area contributed by atoms with Crippen LogP contribution >= 0.6 is 0 Å². The summed E-state index contributed by atoms with van der Waals surface area (Å²) in [5.74, 6) is -3.66. The summed E-state index contributed by atoms with van der Waals surface area (Å²) in [5, 5.41) is 17.8. The summed E-state index contributed by atoms with van der Waals surface area (Å²) in [7, 11) is 1.79. The van der Waals surface area contributed by atoms with Gasteiger partial charge >= 0.3 is 18.1 Å². The summed E-state index contributed by atoms with van der Waals surface area (Å²) in [5.41, 5.74) is 0.0416. The standard InChI is InChI=1S/C17H17F4NO.C2H2O4/c1-22-11-10-16(12-2-6-14(18)7-3-12)23-15-8-4-13(5-9-15)17(19,20)21;3-1(4)2(5)6/h2-9,16,22H,10-11H2,1H3;(H,3,4)(H,5,6)/t16-;/m1./s1. The van der Waals surface area contributed by atoms with Gasteiger partial charge in [0.2, 0.25) is 0 Å². The zero-order valence-electron chi connectivity index (χ0n) is 15.2. The Hall–Kier alpha value is -3.14. The smallest absolute Gasteiger partial charge is 0.416 e. The molecule has 0 aromatic heterocycles.